The van der Waals surface area contributed by atoms with Crippen LogP contribution in [0.4, 0.5) is 0 Å². The standard InChI is InChI=1S/C43H69N5O/c1-8-22-43(46-39(6)41(35-44)33-36(3)9-2)40-23-25-42(26-24-40)49-32-21-19-17-15-13-11-10-12-14-16-18-20-27-47-28-30-48(31-29-47)38(5)34-37(4)45-7/h23-26,33-34,36,43,46H,5-22,27-32H2,1-4H3/b37-34-,41-33+. The second-order valence-corrected chi connectivity index (χ2v) is 14.0. The predicted molar refractivity (Wildman–Crippen MR) is 211 cm³/mol. The highest BCUT2D eigenvalue weighted by Gasteiger charge is 2.17. The minimum absolute atomic E-state index is 0.128. The number of nitrogens with zero attached hydrogens (tertiary/aromatic N) is 4. The molecule has 1 aliphatic heterocycles. The van der Waals surface area contributed by atoms with E-state index in [9.17, 15) is 5.26 Å². The van der Waals surface area contributed by atoms with Crippen LogP contribution in [0.5, 0.6) is 5.75 Å². The van der Waals surface area contributed by atoms with E-state index in [4.69, 9.17) is 4.74 Å². The van der Waals surface area contributed by atoms with Gasteiger partial charge in [0.25, 0.3) is 0 Å². The van der Waals surface area contributed by atoms with Crippen LogP contribution < -0.4 is 10.1 Å². The molecule has 1 aliphatic rings. The summed E-state index contributed by atoms with van der Waals surface area (Å²) >= 11 is 0. The minimum Gasteiger partial charge on any atom is -0.494 e. The van der Waals surface area contributed by atoms with E-state index in [1.54, 1.807) is 0 Å². The molecule has 6 nitrogen and oxygen atoms in total. The van der Waals surface area contributed by atoms with Crippen molar-refractivity contribution in [2.45, 2.75) is 130 Å². The Morgan fingerprint density at radius 2 is 1.49 bits per heavy atom. The molecule has 0 spiro atoms. The molecule has 0 aromatic heterocycles. The van der Waals surface area contributed by atoms with Gasteiger partial charge in [-0.05, 0) is 69.1 Å². The van der Waals surface area contributed by atoms with Crippen molar-refractivity contribution in [1.29, 1.82) is 5.26 Å². The maximum Gasteiger partial charge on any atom is 0.119 e. The van der Waals surface area contributed by atoms with Gasteiger partial charge >= 0.3 is 0 Å². The summed E-state index contributed by atoms with van der Waals surface area (Å²) in [4.78, 5) is 8.94. The number of unbranched alkanes of at least 4 members (excludes halogenated alkanes) is 11. The molecule has 0 saturated carbocycles. The van der Waals surface area contributed by atoms with Crippen LogP contribution in [0.15, 0.2) is 77.2 Å². The molecule has 0 aliphatic carbocycles. The van der Waals surface area contributed by atoms with E-state index >= 15 is 0 Å². The second-order valence-electron chi connectivity index (χ2n) is 14.0. The number of aliphatic imine (C=N–C) groups is 1. The maximum atomic E-state index is 9.63. The molecule has 272 valence electrons. The molecular formula is C43H69N5O. The fraction of sp³-hybridized carbons (Fsp3) is 0.628. The van der Waals surface area contributed by atoms with Gasteiger partial charge in [-0.2, -0.15) is 5.26 Å². The van der Waals surface area contributed by atoms with Crippen LogP contribution in [0.2, 0.25) is 0 Å². The Hall–Kier alpha value is -3.30. The average Bonchev–Trinajstić information content (AvgIpc) is 3.12. The first-order valence-corrected chi connectivity index (χ1v) is 19.4. The number of nitriles is 1. The van der Waals surface area contributed by atoms with E-state index in [-0.39, 0.29) is 6.04 Å². The van der Waals surface area contributed by atoms with E-state index in [1.807, 2.05) is 19.1 Å². The summed E-state index contributed by atoms with van der Waals surface area (Å²) in [6.45, 7) is 26.8. The van der Waals surface area contributed by atoms with Crippen LogP contribution >= 0.6 is 0 Å². The van der Waals surface area contributed by atoms with E-state index in [0.29, 0.717) is 17.2 Å². The summed E-state index contributed by atoms with van der Waals surface area (Å²) in [6, 6.07) is 10.9. The Balaban J connectivity index is 1.46. The summed E-state index contributed by atoms with van der Waals surface area (Å²) in [6.07, 6.45) is 23.0. The Morgan fingerprint density at radius 1 is 0.918 bits per heavy atom. The van der Waals surface area contributed by atoms with Gasteiger partial charge in [0, 0.05) is 43.3 Å². The van der Waals surface area contributed by atoms with Crippen LogP contribution in [0.1, 0.15) is 136 Å². The molecule has 1 aromatic carbocycles. The lowest BCUT2D eigenvalue weighted by atomic mass is 10.00. The fourth-order valence-corrected chi connectivity index (χ4v) is 6.33. The Bertz CT molecular complexity index is 1190. The lowest BCUT2D eigenvalue weighted by Crippen LogP contribution is -2.45. The second kappa shape index (κ2) is 25.6. The summed E-state index contributed by atoms with van der Waals surface area (Å²) < 4.78 is 6.05. The first kappa shape index (κ1) is 41.9. The molecule has 2 atom stereocenters. The number of benzene rings is 1. The van der Waals surface area contributed by atoms with Crippen molar-refractivity contribution in [2.75, 3.05) is 39.3 Å². The zero-order valence-electron chi connectivity index (χ0n) is 31.8. The highest BCUT2D eigenvalue weighted by molar-refractivity contribution is 5.40. The van der Waals surface area contributed by atoms with E-state index in [2.05, 4.69) is 91.1 Å². The summed E-state index contributed by atoms with van der Waals surface area (Å²) in [5, 5.41) is 13.1. The molecule has 0 amide bonds. The number of rotatable bonds is 27. The molecule has 2 unspecified atom stereocenters. The lowest BCUT2D eigenvalue weighted by Gasteiger charge is -2.36. The minimum atomic E-state index is 0.128. The number of allylic oxidation sites excluding steroid dienone is 4. The summed E-state index contributed by atoms with van der Waals surface area (Å²) in [5.74, 6) is 1.29. The smallest absolute Gasteiger partial charge is 0.119 e. The quantitative estimate of drug-likeness (QED) is 0.0436. The maximum absolute atomic E-state index is 9.63. The number of nitrogens with one attached hydrogen (secondary N) is 1. The molecule has 1 aromatic rings. The van der Waals surface area contributed by atoms with Crippen molar-refractivity contribution in [1.82, 2.24) is 15.1 Å². The van der Waals surface area contributed by atoms with Crippen molar-refractivity contribution in [3.05, 3.63) is 77.8 Å². The fourth-order valence-electron chi connectivity index (χ4n) is 6.33. The Labute approximate surface area is 301 Å². The highest BCUT2D eigenvalue weighted by atomic mass is 16.5. The molecule has 0 bridgehead atoms. The summed E-state index contributed by atoms with van der Waals surface area (Å²) in [5.41, 5.74) is 4.54. The highest BCUT2D eigenvalue weighted by Crippen LogP contribution is 2.25. The van der Waals surface area contributed by atoms with Crippen molar-refractivity contribution >= 4 is 6.72 Å². The van der Waals surface area contributed by atoms with Crippen LogP contribution in [0.3, 0.4) is 0 Å². The summed E-state index contributed by atoms with van der Waals surface area (Å²) in [7, 11) is 0. The first-order valence-electron chi connectivity index (χ1n) is 19.4. The molecule has 1 heterocycles. The largest absolute Gasteiger partial charge is 0.494 e. The zero-order valence-corrected chi connectivity index (χ0v) is 31.8. The lowest BCUT2D eigenvalue weighted by molar-refractivity contribution is 0.160. The van der Waals surface area contributed by atoms with Gasteiger partial charge in [0.1, 0.15) is 11.8 Å². The number of hydrogen-bond donors (Lipinski definition) is 1. The van der Waals surface area contributed by atoms with Crippen LogP contribution in [0.25, 0.3) is 0 Å². The third kappa shape index (κ3) is 17.8. The zero-order chi connectivity index (χ0) is 35.7. The van der Waals surface area contributed by atoms with E-state index in [0.717, 1.165) is 75.6 Å². The van der Waals surface area contributed by atoms with E-state index < -0.39 is 0 Å². The molecule has 1 N–H and O–H groups in total. The van der Waals surface area contributed by atoms with Crippen molar-refractivity contribution in [2.24, 2.45) is 10.9 Å². The molecule has 1 saturated heterocycles. The van der Waals surface area contributed by atoms with Gasteiger partial charge in [-0.25, -0.2) is 0 Å². The number of ether oxygens (including phenoxy) is 1. The Kier molecular flexibility index (Phi) is 21.9. The van der Waals surface area contributed by atoms with Gasteiger partial charge < -0.3 is 15.0 Å². The number of hydrogen-bond acceptors (Lipinski definition) is 6. The molecule has 1 fully saturated rings. The van der Waals surface area contributed by atoms with Crippen molar-refractivity contribution < 1.29 is 4.74 Å². The van der Waals surface area contributed by atoms with Crippen molar-refractivity contribution in [3.8, 4) is 11.8 Å². The molecule has 49 heavy (non-hydrogen) atoms. The van der Waals surface area contributed by atoms with Gasteiger partial charge in [-0.15, -0.1) is 0 Å². The molecule has 6 heteroatoms. The molecule has 0 radical (unpaired) electrons. The normalized spacial score (nSPS) is 15.4. The molecular weight excluding hydrogens is 603 g/mol. The topological polar surface area (TPSA) is 63.9 Å². The predicted octanol–water partition coefficient (Wildman–Crippen LogP) is 10.9. The van der Waals surface area contributed by atoms with Crippen LogP contribution in [-0.2, 0) is 0 Å². The van der Waals surface area contributed by atoms with Gasteiger partial charge in [-0.3, -0.25) is 9.89 Å². The van der Waals surface area contributed by atoms with E-state index in [1.165, 1.54) is 82.7 Å². The molecule has 2 rings (SSSR count). The van der Waals surface area contributed by atoms with Gasteiger partial charge in [-0.1, -0.05) is 129 Å². The van der Waals surface area contributed by atoms with Crippen LogP contribution in [0, 0.1) is 17.2 Å². The Morgan fingerprint density at radius 3 is 2.02 bits per heavy atom. The monoisotopic (exact) mass is 672 g/mol. The van der Waals surface area contributed by atoms with Crippen molar-refractivity contribution in [3.63, 3.8) is 0 Å². The SMILES string of the molecule is C=N/C(C)=C\C(=C)N1CCN(CCCCCCCCCCCCCCOc2ccc(C(CCC)NC(=C)/C(C#N)=C/C(C)CC)cc2)CC1. The van der Waals surface area contributed by atoms with Crippen LogP contribution in [-0.4, -0.2) is 55.8 Å². The van der Waals surface area contributed by atoms with Gasteiger partial charge in [0.15, 0.2) is 0 Å². The van der Waals surface area contributed by atoms with Gasteiger partial charge in [0.2, 0.25) is 0 Å². The third-order valence-corrected chi connectivity index (χ3v) is 9.79. The first-order chi connectivity index (χ1) is 23.8. The third-order valence-electron chi connectivity index (χ3n) is 9.79. The van der Waals surface area contributed by atoms with Gasteiger partial charge in [0.05, 0.1) is 18.2 Å². The average molecular weight is 672 g/mol. The number of piperazine rings is 1.